The highest BCUT2D eigenvalue weighted by Crippen LogP contribution is 2.22. The number of rotatable bonds is 4. The average molecular weight is 225 g/mol. The van der Waals surface area contributed by atoms with Crippen LogP contribution in [-0.2, 0) is 4.79 Å². The van der Waals surface area contributed by atoms with Crippen molar-refractivity contribution in [1.82, 2.24) is 9.97 Å². The molecule has 0 spiro atoms. The second kappa shape index (κ2) is 4.89. The van der Waals surface area contributed by atoms with Gasteiger partial charge in [-0.15, -0.1) is 0 Å². The minimum atomic E-state index is -1.20. The summed E-state index contributed by atoms with van der Waals surface area (Å²) in [6.07, 6.45) is 1.44. The number of nitrogens with zero attached hydrogens (tertiary/aromatic N) is 2. The van der Waals surface area contributed by atoms with Gasteiger partial charge in [-0.1, -0.05) is 13.8 Å². The van der Waals surface area contributed by atoms with Crippen LogP contribution in [-0.4, -0.2) is 28.2 Å². The number of carboxylic acids is 1. The van der Waals surface area contributed by atoms with E-state index >= 15 is 0 Å². The number of aromatic nitrogens is 2. The van der Waals surface area contributed by atoms with E-state index in [-0.39, 0.29) is 11.6 Å². The predicted octanol–water partition coefficient (Wildman–Crippen LogP) is 0.693. The Balaban J connectivity index is 3.21. The summed E-state index contributed by atoms with van der Waals surface area (Å²) in [6, 6.07) is -1.20. The Morgan fingerprint density at radius 1 is 1.56 bits per heavy atom. The number of hydrogen-bond acceptors (Lipinski definition) is 5. The van der Waals surface area contributed by atoms with E-state index in [0.717, 1.165) is 0 Å². The molecule has 0 amide bonds. The molecule has 0 aliphatic heterocycles. The summed E-state index contributed by atoms with van der Waals surface area (Å²) in [5, 5.41) is 8.84. The second-order valence-corrected chi connectivity index (χ2v) is 3.65. The zero-order chi connectivity index (χ0) is 12.3. The quantitative estimate of drug-likeness (QED) is 0.782. The van der Waals surface area contributed by atoms with Gasteiger partial charge in [0.1, 0.15) is 17.6 Å². The molecule has 1 aromatic heterocycles. The molecule has 3 N–H and O–H groups in total. The first kappa shape index (κ1) is 12.4. The van der Waals surface area contributed by atoms with Crippen LogP contribution in [0, 0.1) is 0 Å². The number of nitrogens with two attached hydrogens (primary N) is 1. The van der Waals surface area contributed by atoms with Crippen LogP contribution in [0.2, 0.25) is 0 Å². The van der Waals surface area contributed by atoms with Gasteiger partial charge in [-0.05, 0) is 0 Å². The third-order valence-corrected chi connectivity index (χ3v) is 2.10. The molecular formula is C10H15N3O3. The fourth-order valence-corrected chi connectivity index (χ4v) is 1.17. The van der Waals surface area contributed by atoms with Gasteiger partial charge in [-0.2, -0.15) is 0 Å². The molecule has 1 rings (SSSR count). The van der Waals surface area contributed by atoms with Gasteiger partial charge >= 0.3 is 5.97 Å². The summed E-state index contributed by atoms with van der Waals surface area (Å²) in [5.74, 6) is -0.204. The highest BCUT2D eigenvalue weighted by Gasteiger charge is 2.22. The summed E-state index contributed by atoms with van der Waals surface area (Å²) >= 11 is 0. The van der Waals surface area contributed by atoms with E-state index in [0.29, 0.717) is 11.6 Å². The van der Waals surface area contributed by atoms with E-state index in [4.69, 9.17) is 15.6 Å². The molecule has 0 saturated carbocycles. The van der Waals surface area contributed by atoms with Crippen LogP contribution in [0.1, 0.15) is 37.3 Å². The SMILES string of the molecule is COc1cnc(C(C)C)nc1C(N)C(=O)O. The molecule has 0 radical (unpaired) electrons. The number of hydrogen-bond donors (Lipinski definition) is 2. The molecule has 0 bridgehead atoms. The van der Waals surface area contributed by atoms with Gasteiger partial charge in [0.05, 0.1) is 13.3 Å². The molecule has 0 aromatic carbocycles. The first-order chi connectivity index (χ1) is 7.47. The zero-order valence-electron chi connectivity index (χ0n) is 9.47. The summed E-state index contributed by atoms with van der Waals surface area (Å²) in [6.45, 7) is 3.83. The fraction of sp³-hybridized carbons (Fsp3) is 0.500. The Labute approximate surface area is 93.5 Å². The third kappa shape index (κ3) is 2.46. The van der Waals surface area contributed by atoms with Gasteiger partial charge in [0.15, 0.2) is 5.75 Å². The summed E-state index contributed by atoms with van der Waals surface area (Å²) in [4.78, 5) is 19.0. The van der Waals surface area contributed by atoms with E-state index in [9.17, 15) is 4.79 Å². The Bertz CT molecular complexity index is 393. The number of aliphatic carboxylic acids is 1. The Morgan fingerprint density at radius 3 is 2.62 bits per heavy atom. The van der Waals surface area contributed by atoms with Crippen LogP contribution in [0.4, 0.5) is 0 Å². The normalized spacial score (nSPS) is 12.6. The van der Waals surface area contributed by atoms with Crippen LogP contribution in [0.25, 0.3) is 0 Å². The lowest BCUT2D eigenvalue weighted by Gasteiger charge is -2.13. The van der Waals surface area contributed by atoms with Crippen molar-refractivity contribution in [3.63, 3.8) is 0 Å². The zero-order valence-corrected chi connectivity index (χ0v) is 9.47. The fourth-order valence-electron chi connectivity index (χ4n) is 1.17. The molecule has 1 aromatic rings. The molecule has 88 valence electrons. The molecular weight excluding hydrogens is 210 g/mol. The van der Waals surface area contributed by atoms with Crippen LogP contribution < -0.4 is 10.5 Å². The van der Waals surface area contributed by atoms with Gasteiger partial charge in [0.25, 0.3) is 0 Å². The monoisotopic (exact) mass is 225 g/mol. The molecule has 1 unspecified atom stereocenters. The Morgan fingerprint density at radius 2 is 2.19 bits per heavy atom. The molecule has 16 heavy (non-hydrogen) atoms. The maximum atomic E-state index is 10.8. The largest absolute Gasteiger partial charge is 0.493 e. The summed E-state index contributed by atoms with van der Waals surface area (Å²) in [7, 11) is 1.42. The van der Waals surface area contributed by atoms with E-state index in [1.54, 1.807) is 0 Å². The highest BCUT2D eigenvalue weighted by atomic mass is 16.5. The lowest BCUT2D eigenvalue weighted by molar-refractivity contribution is -0.138. The van der Waals surface area contributed by atoms with Crippen LogP contribution >= 0.6 is 0 Å². The summed E-state index contributed by atoms with van der Waals surface area (Å²) in [5.41, 5.74) is 5.72. The van der Waals surface area contributed by atoms with Gasteiger partial charge < -0.3 is 15.6 Å². The van der Waals surface area contributed by atoms with E-state index < -0.39 is 12.0 Å². The first-order valence-corrected chi connectivity index (χ1v) is 4.86. The molecule has 6 heteroatoms. The van der Waals surface area contributed by atoms with E-state index in [2.05, 4.69) is 9.97 Å². The topological polar surface area (TPSA) is 98.3 Å². The molecule has 1 heterocycles. The second-order valence-electron chi connectivity index (χ2n) is 3.65. The highest BCUT2D eigenvalue weighted by molar-refractivity contribution is 5.75. The molecule has 0 saturated heterocycles. The molecule has 0 aliphatic rings. The lowest BCUT2D eigenvalue weighted by atomic mass is 10.1. The van der Waals surface area contributed by atoms with Crippen molar-refractivity contribution < 1.29 is 14.6 Å². The van der Waals surface area contributed by atoms with Crippen molar-refractivity contribution >= 4 is 5.97 Å². The molecule has 6 nitrogen and oxygen atoms in total. The smallest absolute Gasteiger partial charge is 0.326 e. The van der Waals surface area contributed by atoms with E-state index in [1.165, 1.54) is 13.3 Å². The Kier molecular flexibility index (Phi) is 3.78. The standard InChI is InChI=1S/C10H15N3O3/c1-5(2)9-12-4-6(16-3)8(13-9)7(11)10(14)15/h4-5,7H,11H2,1-3H3,(H,14,15). The van der Waals surface area contributed by atoms with Crippen LogP contribution in [0.5, 0.6) is 5.75 Å². The van der Waals surface area contributed by atoms with Crippen molar-refractivity contribution in [3.8, 4) is 5.75 Å². The van der Waals surface area contributed by atoms with Gasteiger partial charge in [0, 0.05) is 5.92 Å². The minimum absolute atomic E-state index is 0.102. The van der Waals surface area contributed by atoms with Gasteiger partial charge in [-0.3, -0.25) is 4.79 Å². The van der Waals surface area contributed by atoms with Crippen molar-refractivity contribution in [1.29, 1.82) is 0 Å². The molecule has 1 atom stereocenters. The molecule has 0 aliphatic carbocycles. The third-order valence-electron chi connectivity index (χ3n) is 2.10. The number of carbonyl (C=O) groups is 1. The van der Waals surface area contributed by atoms with Crippen LogP contribution in [0.3, 0.4) is 0 Å². The lowest BCUT2D eigenvalue weighted by Crippen LogP contribution is -2.23. The minimum Gasteiger partial charge on any atom is -0.493 e. The molecule has 0 fully saturated rings. The average Bonchev–Trinajstić information content (AvgIpc) is 2.26. The van der Waals surface area contributed by atoms with Crippen LogP contribution in [0.15, 0.2) is 6.20 Å². The van der Waals surface area contributed by atoms with E-state index in [1.807, 2.05) is 13.8 Å². The first-order valence-electron chi connectivity index (χ1n) is 4.86. The maximum Gasteiger partial charge on any atom is 0.326 e. The van der Waals surface area contributed by atoms with Gasteiger partial charge in [0.2, 0.25) is 0 Å². The van der Waals surface area contributed by atoms with Gasteiger partial charge in [-0.25, -0.2) is 9.97 Å². The van der Waals surface area contributed by atoms with Crippen molar-refractivity contribution in [2.75, 3.05) is 7.11 Å². The predicted molar refractivity (Wildman–Crippen MR) is 57.2 cm³/mol. The maximum absolute atomic E-state index is 10.8. The Hall–Kier alpha value is -1.69. The number of carboxylic acid groups (broad SMARTS) is 1. The van der Waals surface area contributed by atoms with Crippen molar-refractivity contribution in [2.45, 2.75) is 25.8 Å². The summed E-state index contributed by atoms with van der Waals surface area (Å²) < 4.78 is 4.98. The number of methoxy groups -OCH3 is 1. The van der Waals surface area contributed by atoms with Crippen molar-refractivity contribution in [2.24, 2.45) is 5.73 Å². The number of ether oxygens (including phenoxy) is 1. The van der Waals surface area contributed by atoms with Crippen molar-refractivity contribution in [3.05, 3.63) is 17.7 Å².